The molecule has 0 saturated carbocycles. The topological polar surface area (TPSA) is 98.5 Å². The number of thiophene rings is 1. The molecule has 1 unspecified atom stereocenters. The highest BCUT2D eigenvalue weighted by atomic mass is 35.5. The molecule has 0 radical (unpaired) electrons. The van der Waals surface area contributed by atoms with Crippen molar-refractivity contribution in [1.82, 2.24) is 0 Å². The van der Waals surface area contributed by atoms with E-state index < -0.39 is 22.9 Å². The van der Waals surface area contributed by atoms with Crippen molar-refractivity contribution < 1.29 is 19.2 Å². The number of anilines is 1. The molecule has 0 fully saturated rings. The van der Waals surface area contributed by atoms with Crippen LogP contribution in [-0.4, -0.2) is 22.9 Å². The van der Waals surface area contributed by atoms with Gasteiger partial charge in [-0.1, -0.05) is 18.5 Å². The van der Waals surface area contributed by atoms with Gasteiger partial charge < -0.3 is 10.1 Å². The average molecular weight is 397 g/mol. The van der Waals surface area contributed by atoms with Gasteiger partial charge in [-0.15, -0.1) is 11.3 Å². The van der Waals surface area contributed by atoms with E-state index in [2.05, 4.69) is 5.32 Å². The summed E-state index contributed by atoms with van der Waals surface area (Å²) in [6.45, 7) is 5.36. The molecule has 7 nitrogen and oxygen atoms in total. The third kappa shape index (κ3) is 4.59. The molecule has 0 saturated heterocycles. The maximum absolute atomic E-state index is 12.2. The Morgan fingerprint density at radius 1 is 1.38 bits per heavy atom. The van der Waals surface area contributed by atoms with Crippen molar-refractivity contribution in [3.05, 3.63) is 54.7 Å². The molecule has 0 bridgehead atoms. The Kier molecular flexibility index (Phi) is 6.33. The number of nitro benzene ring substituents is 1. The Morgan fingerprint density at radius 2 is 2.08 bits per heavy atom. The number of rotatable bonds is 6. The van der Waals surface area contributed by atoms with Crippen LogP contribution in [0.15, 0.2) is 24.3 Å². The third-order valence-corrected chi connectivity index (χ3v) is 5.06. The number of amides is 1. The van der Waals surface area contributed by atoms with Crippen molar-refractivity contribution in [2.24, 2.45) is 0 Å². The van der Waals surface area contributed by atoms with Crippen LogP contribution in [0.3, 0.4) is 0 Å². The summed E-state index contributed by atoms with van der Waals surface area (Å²) in [5.74, 6) is -1.16. The molecule has 0 spiro atoms. The number of carbonyl (C=O) groups is 2. The van der Waals surface area contributed by atoms with E-state index in [1.54, 1.807) is 6.07 Å². The molecule has 26 heavy (non-hydrogen) atoms. The van der Waals surface area contributed by atoms with Crippen molar-refractivity contribution in [1.29, 1.82) is 0 Å². The number of nitrogens with zero attached hydrogens (tertiary/aromatic N) is 1. The predicted molar refractivity (Wildman–Crippen MR) is 100 cm³/mol. The molecule has 1 N–H and O–H groups in total. The fraction of sp³-hybridized carbons (Fsp3) is 0.294. The number of nitrogens with one attached hydrogen (secondary N) is 1. The lowest BCUT2D eigenvalue weighted by Gasteiger charge is -2.13. The molecule has 0 aliphatic heterocycles. The zero-order valence-corrected chi connectivity index (χ0v) is 15.9. The lowest BCUT2D eigenvalue weighted by molar-refractivity contribution is -0.384. The van der Waals surface area contributed by atoms with Crippen LogP contribution in [0.25, 0.3) is 0 Å². The van der Waals surface area contributed by atoms with E-state index >= 15 is 0 Å². The SMILES string of the molecule is CCc1cc(C(=O)OC(C)C(=O)Nc2ccc([N+](=O)[O-])cc2Cl)sc1C. The maximum Gasteiger partial charge on any atom is 0.349 e. The van der Waals surface area contributed by atoms with E-state index in [1.807, 2.05) is 13.8 Å². The standard InChI is InChI=1S/C17H17ClN2O5S/c1-4-11-7-15(26-10(11)3)17(22)25-9(2)16(21)19-14-6-5-12(20(23)24)8-13(14)18/h5-9H,4H2,1-3H3,(H,19,21). The Labute approximate surface area is 159 Å². The molecule has 0 aliphatic rings. The summed E-state index contributed by atoms with van der Waals surface area (Å²) >= 11 is 7.26. The minimum absolute atomic E-state index is 0.0209. The Hall–Kier alpha value is -2.45. The van der Waals surface area contributed by atoms with E-state index in [4.69, 9.17) is 16.3 Å². The van der Waals surface area contributed by atoms with E-state index in [1.165, 1.54) is 30.4 Å². The van der Waals surface area contributed by atoms with Gasteiger partial charge in [-0.3, -0.25) is 14.9 Å². The molecule has 9 heteroatoms. The molecule has 2 aromatic rings. The largest absolute Gasteiger partial charge is 0.448 e. The van der Waals surface area contributed by atoms with Gasteiger partial charge in [0.05, 0.1) is 15.6 Å². The Balaban J connectivity index is 2.03. The smallest absolute Gasteiger partial charge is 0.349 e. The monoisotopic (exact) mass is 396 g/mol. The second kappa shape index (κ2) is 8.29. The summed E-state index contributed by atoms with van der Waals surface area (Å²) in [5, 5.41) is 13.2. The average Bonchev–Trinajstić information content (AvgIpc) is 2.97. The van der Waals surface area contributed by atoms with Crippen molar-refractivity contribution in [3.63, 3.8) is 0 Å². The lowest BCUT2D eigenvalue weighted by atomic mass is 10.2. The van der Waals surface area contributed by atoms with E-state index in [-0.39, 0.29) is 16.4 Å². The van der Waals surface area contributed by atoms with Crippen LogP contribution in [0.4, 0.5) is 11.4 Å². The van der Waals surface area contributed by atoms with Crippen LogP contribution >= 0.6 is 22.9 Å². The highest BCUT2D eigenvalue weighted by molar-refractivity contribution is 7.14. The molecule has 138 valence electrons. The van der Waals surface area contributed by atoms with Gasteiger partial charge in [0.15, 0.2) is 6.10 Å². The van der Waals surface area contributed by atoms with E-state index in [9.17, 15) is 19.7 Å². The van der Waals surface area contributed by atoms with Crippen LogP contribution in [0.2, 0.25) is 5.02 Å². The first-order chi connectivity index (χ1) is 12.2. The minimum atomic E-state index is -1.05. The molecule has 1 amide bonds. The number of nitro groups is 1. The first-order valence-corrected chi connectivity index (χ1v) is 8.97. The molecule has 1 aromatic heterocycles. The molecule has 2 rings (SSSR count). The number of hydrogen-bond acceptors (Lipinski definition) is 6. The summed E-state index contributed by atoms with van der Waals surface area (Å²) in [4.78, 5) is 36.0. The van der Waals surface area contributed by atoms with Crippen LogP contribution in [-0.2, 0) is 16.0 Å². The summed E-state index contributed by atoms with van der Waals surface area (Å²) in [7, 11) is 0. The van der Waals surface area contributed by atoms with Gasteiger partial charge in [0, 0.05) is 17.0 Å². The number of non-ortho nitro benzene ring substituents is 1. The molecular weight excluding hydrogens is 380 g/mol. The van der Waals surface area contributed by atoms with Crippen molar-refractivity contribution in [3.8, 4) is 0 Å². The molecular formula is C17H17ClN2O5S. The number of aryl methyl sites for hydroxylation is 2. The third-order valence-electron chi connectivity index (χ3n) is 3.68. The van der Waals surface area contributed by atoms with Gasteiger partial charge >= 0.3 is 5.97 Å². The fourth-order valence-corrected chi connectivity index (χ4v) is 3.42. The zero-order valence-electron chi connectivity index (χ0n) is 14.4. The molecule has 0 aliphatic carbocycles. The quantitative estimate of drug-likeness (QED) is 0.444. The second-order valence-corrected chi connectivity index (χ2v) is 7.17. The maximum atomic E-state index is 12.2. The fourth-order valence-electron chi connectivity index (χ4n) is 2.20. The first-order valence-electron chi connectivity index (χ1n) is 7.78. The van der Waals surface area contributed by atoms with Crippen molar-refractivity contribution in [2.75, 3.05) is 5.32 Å². The van der Waals surface area contributed by atoms with Gasteiger partial charge in [0.2, 0.25) is 0 Å². The highest BCUT2D eigenvalue weighted by Crippen LogP contribution is 2.27. The highest BCUT2D eigenvalue weighted by Gasteiger charge is 2.22. The normalized spacial score (nSPS) is 11.7. The summed E-state index contributed by atoms with van der Waals surface area (Å²) in [6.07, 6.45) is -0.245. The first kappa shape index (κ1) is 19.9. The minimum Gasteiger partial charge on any atom is -0.448 e. The van der Waals surface area contributed by atoms with Crippen LogP contribution in [0.1, 0.15) is 34.0 Å². The molecule has 1 heterocycles. The second-order valence-electron chi connectivity index (χ2n) is 5.50. The summed E-state index contributed by atoms with van der Waals surface area (Å²) < 4.78 is 5.19. The van der Waals surface area contributed by atoms with Crippen molar-refractivity contribution >= 4 is 46.2 Å². The van der Waals surface area contributed by atoms with Crippen molar-refractivity contribution in [2.45, 2.75) is 33.3 Å². The number of hydrogen-bond donors (Lipinski definition) is 1. The number of benzene rings is 1. The number of ether oxygens (including phenoxy) is 1. The van der Waals surface area contributed by atoms with Crippen LogP contribution in [0.5, 0.6) is 0 Å². The van der Waals surface area contributed by atoms with E-state index in [0.29, 0.717) is 4.88 Å². The Morgan fingerprint density at radius 3 is 2.62 bits per heavy atom. The van der Waals surface area contributed by atoms with Gasteiger partial charge in [0.25, 0.3) is 11.6 Å². The summed E-state index contributed by atoms with van der Waals surface area (Å²) in [5.41, 5.74) is 1.08. The number of esters is 1. The predicted octanol–water partition coefficient (Wildman–Crippen LogP) is 4.36. The van der Waals surface area contributed by atoms with E-state index in [0.717, 1.165) is 22.9 Å². The van der Waals surface area contributed by atoms with Gasteiger partial charge in [0.1, 0.15) is 4.88 Å². The lowest BCUT2D eigenvalue weighted by Crippen LogP contribution is -2.29. The zero-order chi connectivity index (χ0) is 19.4. The Bertz CT molecular complexity index is 865. The summed E-state index contributed by atoms with van der Waals surface area (Å²) in [6, 6.07) is 5.44. The molecule has 1 aromatic carbocycles. The number of halogens is 1. The van der Waals surface area contributed by atoms with Gasteiger partial charge in [-0.2, -0.15) is 0 Å². The number of carbonyl (C=O) groups excluding carboxylic acids is 2. The molecule has 1 atom stereocenters. The van der Waals surface area contributed by atoms with Crippen LogP contribution in [0, 0.1) is 17.0 Å². The van der Waals surface area contributed by atoms with Crippen LogP contribution < -0.4 is 5.32 Å². The van der Waals surface area contributed by atoms with Gasteiger partial charge in [-0.05, 0) is 38.0 Å². The van der Waals surface area contributed by atoms with Gasteiger partial charge in [-0.25, -0.2) is 4.79 Å².